The summed E-state index contributed by atoms with van der Waals surface area (Å²) in [6.07, 6.45) is 3.76. The van der Waals surface area contributed by atoms with Gasteiger partial charge in [-0.25, -0.2) is 0 Å². The fourth-order valence-electron chi connectivity index (χ4n) is 1.51. The number of hydrogen-bond donors (Lipinski definition) is 2. The molecule has 0 spiro atoms. The van der Waals surface area contributed by atoms with Crippen molar-refractivity contribution in [2.45, 2.75) is 45.3 Å². The van der Waals surface area contributed by atoms with E-state index in [-0.39, 0.29) is 6.10 Å². The van der Waals surface area contributed by atoms with E-state index >= 15 is 0 Å². The first kappa shape index (κ1) is 9.01. The maximum absolute atomic E-state index is 8.98. The average molecular weight is 157 g/mol. The standard InChI is InChI=1S/C9H19NO/c1-3-4-8-5-9(8)10-6-7(2)11/h7-11H,3-6H2,1-2H3. The van der Waals surface area contributed by atoms with Gasteiger partial charge in [-0.2, -0.15) is 0 Å². The molecule has 1 aliphatic rings. The maximum atomic E-state index is 8.98. The summed E-state index contributed by atoms with van der Waals surface area (Å²) in [6.45, 7) is 4.80. The second-order valence-electron chi connectivity index (χ2n) is 3.65. The molecule has 66 valence electrons. The summed E-state index contributed by atoms with van der Waals surface area (Å²) in [4.78, 5) is 0. The van der Waals surface area contributed by atoms with Crippen molar-refractivity contribution >= 4 is 0 Å². The summed E-state index contributed by atoms with van der Waals surface area (Å²) < 4.78 is 0. The van der Waals surface area contributed by atoms with Gasteiger partial charge in [-0.15, -0.1) is 0 Å². The van der Waals surface area contributed by atoms with E-state index in [0.29, 0.717) is 6.04 Å². The van der Waals surface area contributed by atoms with Crippen LogP contribution in [0.4, 0.5) is 0 Å². The van der Waals surface area contributed by atoms with Gasteiger partial charge in [0.05, 0.1) is 6.10 Å². The minimum Gasteiger partial charge on any atom is -0.392 e. The topological polar surface area (TPSA) is 32.3 Å². The molecule has 1 rings (SSSR count). The summed E-state index contributed by atoms with van der Waals surface area (Å²) >= 11 is 0. The van der Waals surface area contributed by atoms with E-state index in [2.05, 4.69) is 12.2 Å². The molecular weight excluding hydrogens is 138 g/mol. The number of hydrogen-bond acceptors (Lipinski definition) is 2. The van der Waals surface area contributed by atoms with Gasteiger partial charge in [0.15, 0.2) is 0 Å². The van der Waals surface area contributed by atoms with Crippen molar-refractivity contribution in [3.8, 4) is 0 Å². The van der Waals surface area contributed by atoms with Crippen LogP contribution in [0.1, 0.15) is 33.1 Å². The predicted octanol–water partition coefficient (Wildman–Crippen LogP) is 1.15. The number of aliphatic hydroxyl groups excluding tert-OH is 1. The van der Waals surface area contributed by atoms with Crippen LogP contribution in [0, 0.1) is 5.92 Å². The van der Waals surface area contributed by atoms with Crippen LogP contribution in [-0.2, 0) is 0 Å². The fourth-order valence-corrected chi connectivity index (χ4v) is 1.51. The van der Waals surface area contributed by atoms with Crippen molar-refractivity contribution in [3.63, 3.8) is 0 Å². The molecule has 0 bridgehead atoms. The van der Waals surface area contributed by atoms with E-state index in [1.54, 1.807) is 0 Å². The molecule has 3 unspecified atom stereocenters. The van der Waals surface area contributed by atoms with Gasteiger partial charge in [0.25, 0.3) is 0 Å². The summed E-state index contributed by atoms with van der Waals surface area (Å²) in [7, 11) is 0. The average Bonchev–Trinajstić information content (AvgIpc) is 2.64. The summed E-state index contributed by atoms with van der Waals surface area (Å²) in [5.74, 6) is 0.902. The first-order valence-corrected chi connectivity index (χ1v) is 4.65. The first-order valence-electron chi connectivity index (χ1n) is 4.65. The Morgan fingerprint density at radius 1 is 1.64 bits per heavy atom. The van der Waals surface area contributed by atoms with Gasteiger partial charge < -0.3 is 10.4 Å². The van der Waals surface area contributed by atoms with Gasteiger partial charge in [-0.3, -0.25) is 0 Å². The Bertz CT molecular complexity index is 114. The van der Waals surface area contributed by atoms with Gasteiger partial charge in [0.1, 0.15) is 0 Å². The van der Waals surface area contributed by atoms with Crippen LogP contribution in [0.3, 0.4) is 0 Å². The van der Waals surface area contributed by atoms with Crippen molar-refractivity contribution in [2.75, 3.05) is 6.54 Å². The second kappa shape index (κ2) is 4.07. The number of rotatable bonds is 5. The highest BCUT2D eigenvalue weighted by molar-refractivity contribution is 4.92. The molecule has 0 aliphatic heterocycles. The zero-order chi connectivity index (χ0) is 8.27. The highest BCUT2D eigenvalue weighted by Gasteiger charge is 2.35. The van der Waals surface area contributed by atoms with Crippen LogP contribution in [0.5, 0.6) is 0 Å². The predicted molar refractivity (Wildman–Crippen MR) is 46.5 cm³/mol. The van der Waals surface area contributed by atoms with E-state index in [0.717, 1.165) is 12.5 Å². The molecular formula is C9H19NO. The fraction of sp³-hybridized carbons (Fsp3) is 1.00. The van der Waals surface area contributed by atoms with Crippen LogP contribution in [0.15, 0.2) is 0 Å². The van der Waals surface area contributed by atoms with E-state index in [4.69, 9.17) is 5.11 Å². The van der Waals surface area contributed by atoms with E-state index in [1.165, 1.54) is 19.3 Å². The maximum Gasteiger partial charge on any atom is 0.0636 e. The monoisotopic (exact) mass is 157 g/mol. The lowest BCUT2D eigenvalue weighted by atomic mass is 10.2. The van der Waals surface area contributed by atoms with Crippen LogP contribution in [0.25, 0.3) is 0 Å². The summed E-state index contributed by atoms with van der Waals surface area (Å²) in [6, 6.07) is 0.713. The zero-order valence-corrected chi connectivity index (χ0v) is 7.51. The smallest absolute Gasteiger partial charge is 0.0636 e. The van der Waals surface area contributed by atoms with Crippen LogP contribution < -0.4 is 5.32 Å². The number of aliphatic hydroxyl groups is 1. The molecule has 1 aliphatic carbocycles. The van der Waals surface area contributed by atoms with Crippen molar-refractivity contribution < 1.29 is 5.11 Å². The largest absolute Gasteiger partial charge is 0.392 e. The molecule has 3 atom stereocenters. The van der Waals surface area contributed by atoms with Crippen molar-refractivity contribution in [1.29, 1.82) is 0 Å². The molecule has 0 aromatic carbocycles. The Morgan fingerprint density at radius 2 is 2.36 bits per heavy atom. The van der Waals surface area contributed by atoms with Gasteiger partial charge in [-0.1, -0.05) is 13.3 Å². The van der Waals surface area contributed by atoms with E-state index in [9.17, 15) is 0 Å². The lowest BCUT2D eigenvalue weighted by Crippen LogP contribution is -2.27. The molecule has 1 fully saturated rings. The zero-order valence-electron chi connectivity index (χ0n) is 7.51. The summed E-state index contributed by atoms with van der Waals surface area (Å²) in [5, 5.41) is 12.3. The highest BCUT2D eigenvalue weighted by Crippen LogP contribution is 2.34. The Morgan fingerprint density at radius 3 is 2.91 bits per heavy atom. The van der Waals surface area contributed by atoms with E-state index in [1.807, 2.05) is 6.92 Å². The van der Waals surface area contributed by atoms with Gasteiger partial charge in [0, 0.05) is 12.6 Å². The minimum atomic E-state index is -0.196. The Labute approximate surface area is 69.0 Å². The van der Waals surface area contributed by atoms with Crippen LogP contribution in [-0.4, -0.2) is 23.8 Å². The molecule has 11 heavy (non-hydrogen) atoms. The third-order valence-electron chi connectivity index (χ3n) is 2.26. The Balaban J connectivity index is 1.95. The van der Waals surface area contributed by atoms with E-state index < -0.39 is 0 Å². The molecule has 0 heterocycles. The van der Waals surface area contributed by atoms with Crippen LogP contribution in [0.2, 0.25) is 0 Å². The first-order chi connectivity index (χ1) is 5.24. The number of nitrogens with one attached hydrogen (secondary N) is 1. The molecule has 2 heteroatoms. The SMILES string of the molecule is CCCC1CC1NCC(C)O. The molecule has 0 amide bonds. The normalized spacial score (nSPS) is 31.9. The second-order valence-corrected chi connectivity index (χ2v) is 3.65. The van der Waals surface area contributed by atoms with Crippen molar-refractivity contribution in [2.24, 2.45) is 5.92 Å². The van der Waals surface area contributed by atoms with Crippen LogP contribution >= 0.6 is 0 Å². The minimum absolute atomic E-state index is 0.196. The van der Waals surface area contributed by atoms with Crippen molar-refractivity contribution in [1.82, 2.24) is 5.32 Å². The van der Waals surface area contributed by atoms with Crippen molar-refractivity contribution in [3.05, 3.63) is 0 Å². The third kappa shape index (κ3) is 3.21. The molecule has 0 aromatic rings. The molecule has 0 saturated heterocycles. The highest BCUT2D eigenvalue weighted by atomic mass is 16.3. The molecule has 0 aromatic heterocycles. The third-order valence-corrected chi connectivity index (χ3v) is 2.26. The lowest BCUT2D eigenvalue weighted by Gasteiger charge is -2.05. The molecule has 1 saturated carbocycles. The molecule has 2 nitrogen and oxygen atoms in total. The molecule has 2 N–H and O–H groups in total. The Hall–Kier alpha value is -0.0800. The quantitative estimate of drug-likeness (QED) is 0.627. The Kier molecular flexibility index (Phi) is 3.34. The van der Waals surface area contributed by atoms with Gasteiger partial charge in [-0.05, 0) is 25.7 Å². The summed E-state index contributed by atoms with van der Waals surface area (Å²) in [5.41, 5.74) is 0. The van der Waals surface area contributed by atoms with Gasteiger partial charge >= 0.3 is 0 Å². The van der Waals surface area contributed by atoms with Gasteiger partial charge in [0.2, 0.25) is 0 Å². The molecule has 0 radical (unpaired) electrons. The lowest BCUT2D eigenvalue weighted by molar-refractivity contribution is 0.190.